The monoisotopic (exact) mass is 252 g/mol. The van der Waals surface area contributed by atoms with Crippen molar-refractivity contribution in [1.29, 1.82) is 0 Å². The van der Waals surface area contributed by atoms with Gasteiger partial charge in [0.15, 0.2) is 0 Å². The zero-order valence-electron chi connectivity index (χ0n) is 10.8. The highest BCUT2D eigenvalue weighted by atomic mass is 16.5. The second kappa shape index (κ2) is 7.62. The van der Waals surface area contributed by atoms with Gasteiger partial charge in [0.2, 0.25) is 5.91 Å². The van der Waals surface area contributed by atoms with Gasteiger partial charge in [-0.15, -0.1) is 0 Å². The number of carbonyl (C=O) groups excluding carboxylic acids is 1. The average molecular weight is 252 g/mol. The Morgan fingerprint density at radius 2 is 2.39 bits per heavy atom. The van der Waals surface area contributed by atoms with Crippen LogP contribution in [0.2, 0.25) is 0 Å². The molecule has 1 aromatic rings. The van der Waals surface area contributed by atoms with Crippen molar-refractivity contribution in [3.8, 4) is 0 Å². The standard InChI is InChI=1S/C12H20N4O2/c1-16(9-12(17)15-5-6-18-2)11-3-4-14-10(7-11)8-13/h3-4,7H,5-6,8-9,13H2,1-2H3,(H,15,17). The molecule has 0 aliphatic carbocycles. The summed E-state index contributed by atoms with van der Waals surface area (Å²) in [5.74, 6) is -0.0411. The molecule has 18 heavy (non-hydrogen) atoms. The topological polar surface area (TPSA) is 80.5 Å². The highest BCUT2D eigenvalue weighted by Crippen LogP contribution is 2.11. The maximum absolute atomic E-state index is 11.6. The van der Waals surface area contributed by atoms with Crippen molar-refractivity contribution in [3.05, 3.63) is 24.0 Å². The molecule has 0 spiro atoms. The van der Waals surface area contributed by atoms with Crippen molar-refractivity contribution < 1.29 is 9.53 Å². The Hall–Kier alpha value is -1.66. The molecule has 0 fully saturated rings. The molecule has 0 radical (unpaired) electrons. The van der Waals surface area contributed by atoms with Gasteiger partial charge in [-0.25, -0.2) is 0 Å². The van der Waals surface area contributed by atoms with Crippen LogP contribution in [0.4, 0.5) is 5.69 Å². The summed E-state index contributed by atoms with van der Waals surface area (Å²) in [4.78, 5) is 17.6. The van der Waals surface area contributed by atoms with Gasteiger partial charge in [-0.2, -0.15) is 0 Å². The maximum Gasteiger partial charge on any atom is 0.239 e. The minimum atomic E-state index is -0.0411. The van der Waals surface area contributed by atoms with Crippen molar-refractivity contribution in [1.82, 2.24) is 10.3 Å². The van der Waals surface area contributed by atoms with Gasteiger partial charge in [0.25, 0.3) is 0 Å². The normalized spacial score (nSPS) is 10.2. The molecule has 0 unspecified atom stereocenters. The van der Waals surface area contributed by atoms with Crippen LogP contribution in [0.15, 0.2) is 18.3 Å². The summed E-state index contributed by atoms with van der Waals surface area (Å²) < 4.78 is 4.86. The van der Waals surface area contributed by atoms with E-state index < -0.39 is 0 Å². The highest BCUT2D eigenvalue weighted by Gasteiger charge is 2.07. The predicted octanol–water partition coefficient (Wildman–Crippen LogP) is -0.261. The Labute approximate surface area is 107 Å². The van der Waals surface area contributed by atoms with Gasteiger partial charge in [0, 0.05) is 39.1 Å². The lowest BCUT2D eigenvalue weighted by molar-refractivity contribution is -0.119. The molecule has 0 aromatic carbocycles. The fourth-order valence-electron chi connectivity index (χ4n) is 1.47. The van der Waals surface area contributed by atoms with Gasteiger partial charge in [0.05, 0.1) is 18.8 Å². The van der Waals surface area contributed by atoms with Crippen LogP contribution < -0.4 is 16.0 Å². The number of methoxy groups -OCH3 is 1. The molecule has 6 heteroatoms. The number of anilines is 1. The number of carbonyl (C=O) groups is 1. The van der Waals surface area contributed by atoms with Gasteiger partial charge in [-0.05, 0) is 12.1 Å². The smallest absolute Gasteiger partial charge is 0.239 e. The summed E-state index contributed by atoms with van der Waals surface area (Å²) in [5, 5.41) is 2.77. The Kier molecular flexibility index (Phi) is 6.10. The van der Waals surface area contributed by atoms with Gasteiger partial charge >= 0.3 is 0 Å². The Balaban J connectivity index is 2.48. The molecule has 0 aliphatic rings. The lowest BCUT2D eigenvalue weighted by atomic mass is 10.3. The maximum atomic E-state index is 11.6. The molecule has 0 saturated carbocycles. The van der Waals surface area contributed by atoms with E-state index in [2.05, 4.69) is 10.3 Å². The molecule has 1 heterocycles. The van der Waals surface area contributed by atoms with E-state index in [0.29, 0.717) is 19.7 Å². The van der Waals surface area contributed by atoms with Crippen molar-refractivity contribution in [3.63, 3.8) is 0 Å². The molecule has 1 amide bonds. The second-order valence-electron chi connectivity index (χ2n) is 3.91. The molecule has 1 aromatic heterocycles. The lowest BCUT2D eigenvalue weighted by Gasteiger charge is -2.19. The third-order valence-electron chi connectivity index (χ3n) is 2.46. The van der Waals surface area contributed by atoms with E-state index in [1.165, 1.54) is 0 Å². The van der Waals surface area contributed by atoms with Crippen molar-refractivity contribution in [2.24, 2.45) is 5.73 Å². The molecular weight excluding hydrogens is 232 g/mol. The number of nitrogens with two attached hydrogens (primary N) is 1. The van der Waals surface area contributed by atoms with E-state index in [-0.39, 0.29) is 12.5 Å². The lowest BCUT2D eigenvalue weighted by Crippen LogP contribution is -2.36. The second-order valence-corrected chi connectivity index (χ2v) is 3.91. The number of nitrogens with zero attached hydrogens (tertiary/aromatic N) is 2. The van der Waals surface area contributed by atoms with Gasteiger partial charge in [-0.3, -0.25) is 9.78 Å². The van der Waals surface area contributed by atoms with Crippen LogP contribution in [0.5, 0.6) is 0 Å². The van der Waals surface area contributed by atoms with Crippen LogP contribution in [0.1, 0.15) is 5.69 Å². The molecule has 100 valence electrons. The number of pyridine rings is 1. The summed E-state index contributed by atoms with van der Waals surface area (Å²) in [7, 11) is 3.45. The average Bonchev–Trinajstić information content (AvgIpc) is 2.39. The first-order chi connectivity index (χ1) is 8.67. The van der Waals surface area contributed by atoms with Gasteiger partial charge < -0.3 is 20.7 Å². The first kappa shape index (κ1) is 14.4. The molecule has 0 saturated heterocycles. The molecular formula is C12H20N4O2. The summed E-state index contributed by atoms with van der Waals surface area (Å²) >= 11 is 0. The third kappa shape index (κ3) is 4.68. The minimum Gasteiger partial charge on any atom is -0.383 e. The number of ether oxygens (including phenoxy) is 1. The number of hydrogen-bond acceptors (Lipinski definition) is 5. The number of rotatable bonds is 7. The Morgan fingerprint density at radius 1 is 1.61 bits per heavy atom. The highest BCUT2D eigenvalue weighted by molar-refractivity contribution is 5.81. The predicted molar refractivity (Wildman–Crippen MR) is 70.3 cm³/mol. The van der Waals surface area contributed by atoms with Gasteiger partial charge in [-0.1, -0.05) is 0 Å². The first-order valence-electron chi connectivity index (χ1n) is 5.79. The summed E-state index contributed by atoms with van der Waals surface area (Å²) in [6.45, 7) is 1.72. The molecule has 3 N–H and O–H groups in total. The van der Waals surface area contributed by atoms with E-state index in [1.54, 1.807) is 13.3 Å². The van der Waals surface area contributed by atoms with E-state index >= 15 is 0 Å². The zero-order valence-corrected chi connectivity index (χ0v) is 10.8. The quantitative estimate of drug-likeness (QED) is 0.653. The fourth-order valence-corrected chi connectivity index (χ4v) is 1.47. The summed E-state index contributed by atoms with van der Waals surface area (Å²) in [6.07, 6.45) is 1.69. The van der Waals surface area contributed by atoms with E-state index in [1.807, 2.05) is 24.1 Å². The molecule has 1 rings (SSSR count). The Bertz CT molecular complexity index is 384. The van der Waals surface area contributed by atoms with Crippen molar-refractivity contribution >= 4 is 11.6 Å². The minimum absolute atomic E-state index is 0.0411. The summed E-state index contributed by atoms with van der Waals surface area (Å²) in [5.41, 5.74) is 7.26. The van der Waals surface area contributed by atoms with Crippen molar-refractivity contribution in [2.75, 3.05) is 38.8 Å². The number of aromatic nitrogens is 1. The number of amides is 1. The van der Waals surface area contributed by atoms with E-state index in [4.69, 9.17) is 10.5 Å². The van der Waals surface area contributed by atoms with Crippen molar-refractivity contribution in [2.45, 2.75) is 6.54 Å². The molecule has 6 nitrogen and oxygen atoms in total. The number of hydrogen-bond donors (Lipinski definition) is 2. The molecule has 0 aliphatic heterocycles. The number of likely N-dealkylation sites (N-methyl/N-ethyl adjacent to an activating group) is 1. The zero-order chi connectivity index (χ0) is 13.4. The van der Waals surface area contributed by atoms with E-state index in [9.17, 15) is 4.79 Å². The third-order valence-corrected chi connectivity index (χ3v) is 2.46. The van der Waals surface area contributed by atoms with Crippen LogP contribution in [-0.2, 0) is 16.1 Å². The van der Waals surface area contributed by atoms with Crippen LogP contribution in [0.3, 0.4) is 0 Å². The fraction of sp³-hybridized carbons (Fsp3) is 0.500. The van der Waals surface area contributed by atoms with E-state index in [0.717, 1.165) is 11.4 Å². The van der Waals surface area contributed by atoms with Crippen LogP contribution in [0.25, 0.3) is 0 Å². The number of nitrogens with one attached hydrogen (secondary N) is 1. The first-order valence-corrected chi connectivity index (χ1v) is 5.79. The largest absolute Gasteiger partial charge is 0.383 e. The SMILES string of the molecule is COCCNC(=O)CN(C)c1ccnc(CN)c1. The summed E-state index contributed by atoms with van der Waals surface area (Å²) in [6, 6.07) is 3.73. The van der Waals surface area contributed by atoms with Crippen LogP contribution in [0, 0.1) is 0 Å². The van der Waals surface area contributed by atoms with Crippen LogP contribution >= 0.6 is 0 Å². The van der Waals surface area contributed by atoms with Gasteiger partial charge in [0.1, 0.15) is 0 Å². The Morgan fingerprint density at radius 3 is 3.06 bits per heavy atom. The molecule has 0 atom stereocenters. The molecule has 0 bridgehead atoms. The van der Waals surface area contributed by atoms with Crippen LogP contribution in [-0.4, -0.2) is 44.7 Å².